The van der Waals surface area contributed by atoms with Crippen molar-refractivity contribution in [1.82, 2.24) is 30.8 Å². The molecule has 1 amide bonds. The predicted octanol–water partition coefficient (Wildman–Crippen LogP) is 1.46. The highest BCUT2D eigenvalue weighted by atomic mass is 16.2. The van der Waals surface area contributed by atoms with Crippen molar-refractivity contribution in [3.63, 3.8) is 0 Å². The van der Waals surface area contributed by atoms with E-state index in [2.05, 4.69) is 67.2 Å². The Morgan fingerprint density at radius 3 is 2.54 bits per heavy atom. The first-order valence-corrected chi connectivity index (χ1v) is 8.64. The Hall–Kier alpha value is -3.06. The van der Waals surface area contributed by atoms with Gasteiger partial charge in [0.25, 0.3) is 0 Å². The smallest absolute Gasteiger partial charge is 0.234 e. The van der Waals surface area contributed by atoms with Crippen molar-refractivity contribution in [2.75, 3.05) is 13.1 Å². The summed E-state index contributed by atoms with van der Waals surface area (Å²) in [6, 6.07) is 18.9. The van der Waals surface area contributed by atoms with Crippen LogP contribution in [0, 0.1) is 0 Å². The number of hydrogen-bond donors (Lipinski definition) is 2. The molecule has 2 heterocycles. The summed E-state index contributed by atoms with van der Waals surface area (Å²) < 4.78 is 0. The van der Waals surface area contributed by atoms with Gasteiger partial charge in [-0.15, -0.1) is 10.2 Å². The van der Waals surface area contributed by atoms with E-state index in [-0.39, 0.29) is 11.9 Å². The molecule has 0 spiro atoms. The van der Waals surface area contributed by atoms with Gasteiger partial charge in [0, 0.05) is 19.5 Å². The van der Waals surface area contributed by atoms with Crippen LogP contribution in [0.2, 0.25) is 0 Å². The summed E-state index contributed by atoms with van der Waals surface area (Å²) >= 11 is 0. The van der Waals surface area contributed by atoms with Crippen molar-refractivity contribution in [3.8, 4) is 0 Å². The van der Waals surface area contributed by atoms with Crippen LogP contribution in [-0.4, -0.2) is 44.5 Å². The summed E-state index contributed by atoms with van der Waals surface area (Å²) in [5.41, 5.74) is 3.53. The molecule has 7 heteroatoms. The molecule has 1 saturated heterocycles. The summed E-state index contributed by atoms with van der Waals surface area (Å²) in [4.78, 5) is 14.1. The molecule has 26 heavy (non-hydrogen) atoms. The van der Waals surface area contributed by atoms with Gasteiger partial charge in [-0.3, -0.25) is 9.69 Å². The largest absolute Gasteiger partial charge is 0.353 e. The van der Waals surface area contributed by atoms with E-state index < -0.39 is 0 Å². The summed E-state index contributed by atoms with van der Waals surface area (Å²) in [6.45, 7) is 1.78. The predicted molar refractivity (Wildman–Crippen MR) is 96.0 cm³/mol. The zero-order valence-corrected chi connectivity index (χ0v) is 14.3. The van der Waals surface area contributed by atoms with E-state index in [1.165, 1.54) is 11.1 Å². The summed E-state index contributed by atoms with van der Waals surface area (Å²) in [6.07, 6.45) is 0.648. The van der Waals surface area contributed by atoms with Gasteiger partial charge in [-0.25, -0.2) is 0 Å². The fourth-order valence-corrected chi connectivity index (χ4v) is 3.30. The van der Waals surface area contributed by atoms with Crippen LogP contribution in [0.15, 0.2) is 54.6 Å². The number of amides is 1. The number of carbonyl (C=O) groups is 1. The number of nitrogens with zero attached hydrogens (tertiary/aromatic N) is 4. The zero-order valence-electron chi connectivity index (χ0n) is 14.3. The van der Waals surface area contributed by atoms with Gasteiger partial charge in [-0.05, 0) is 16.7 Å². The maximum Gasteiger partial charge on any atom is 0.234 e. The van der Waals surface area contributed by atoms with E-state index >= 15 is 0 Å². The van der Waals surface area contributed by atoms with Crippen molar-refractivity contribution in [2.45, 2.75) is 19.0 Å². The number of aromatic amines is 1. The third-order valence-electron chi connectivity index (χ3n) is 4.62. The monoisotopic (exact) mass is 348 g/mol. The lowest BCUT2D eigenvalue weighted by molar-refractivity contribution is -0.125. The van der Waals surface area contributed by atoms with Crippen LogP contribution in [0.4, 0.5) is 0 Å². The Labute approximate surface area is 151 Å². The second kappa shape index (κ2) is 7.45. The lowest BCUT2D eigenvalue weighted by atomic mass is 10.0. The number of rotatable bonds is 5. The van der Waals surface area contributed by atoms with E-state index in [0.29, 0.717) is 25.3 Å². The number of nitrogens with one attached hydrogen (secondary N) is 2. The molecule has 1 fully saturated rings. The molecule has 0 radical (unpaired) electrons. The van der Waals surface area contributed by atoms with Crippen LogP contribution in [0.25, 0.3) is 0 Å². The van der Waals surface area contributed by atoms with Gasteiger partial charge in [0.05, 0.1) is 12.6 Å². The lowest BCUT2D eigenvalue weighted by Gasteiger charge is -2.35. The highest BCUT2D eigenvalue weighted by Gasteiger charge is 2.27. The minimum atomic E-state index is 0.0749. The molecule has 2 N–H and O–H groups in total. The molecule has 0 saturated carbocycles. The number of H-pyrrole nitrogens is 1. The van der Waals surface area contributed by atoms with E-state index in [1.54, 1.807) is 0 Å². The molecule has 132 valence electrons. The van der Waals surface area contributed by atoms with Crippen LogP contribution in [-0.2, 0) is 17.8 Å². The van der Waals surface area contributed by atoms with Gasteiger partial charge in [0.15, 0.2) is 5.82 Å². The normalized spacial score (nSPS) is 17.8. The van der Waals surface area contributed by atoms with Crippen LogP contribution < -0.4 is 5.32 Å². The Morgan fingerprint density at radius 2 is 1.81 bits per heavy atom. The van der Waals surface area contributed by atoms with Crippen molar-refractivity contribution in [3.05, 3.63) is 77.1 Å². The Balaban J connectivity index is 1.47. The average molecular weight is 348 g/mol. The van der Waals surface area contributed by atoms with Gasteiger partial charge >= 0.3 is 0 Å². The molecule has 1 aliphatic rings. The Morgan fingerprint density at radius 1 is 1.04 bits per heavy atom. The molecule has 7 nitrogen and oxygen atoms in total. The van der Waals surface area contributed by atoms with Crippen LogP contribution in [0.1, 0.15) is 28.6 Å². The molecule has 1 aromatic heterocycles. The fourth-order valence-electron chi connectivity index (χ4n) is 3.30. The minimum Gasteiger partial charge on any atom is -0.353 e. The van der Waals surface area contributed by atoms with Gasteiger partial charge in [0.1, 0.15) is 0 Å². The van der Waals surface area contributed by atoms with Gasteiger partial charge in [0.2, 0.25) is 5.91 Å². The topological polar surface area (TPSA) is 86.8 Å². The lowest BCUT2D eigenvalue weighted by Crippen LogP contribution is -2.49. The standard InChI is InChI=1S/C19H20N6O/c26-19-13-25(17(11-20-19)16-4-2-1-3-5-16)12-15-8-6-14(7-9-15)10-18-21-23-24-22-18/h1-9,17H,10-13H2,(H,20,26)(H,21,22,23,24). The molecular weight excluding hydrogens is 328 g/mol. The van der Waals surface area contributed by atoms with Crippen molar-refractivity contribution >= 4 is 5.91 Å². The first-order valence-electron chi connectivity index (χ1n) is 8.64. The third-order valence-corrected chi connectivity index (χ3v) is 4.62. The van der Waals surface area contributed by atoms with E-state index in [4.69, 9.17) is 0 Å². The van der Waals surface area contributed by atoms with Gasteiger partial charge < -0.3 is 5.32 Å². The summed E-state index contributed by atoms with van der Waals surface area (Å²) in [7, 11) is 0. The third kappa shape index (κ3) is 3.78. The first kappa shape index (κ1) is 16.4. The average Bonchev–Trinajstić information content (AvgIpc) is 3.17. The molecule has 1 aliphatic heterocycles. The highest BCUT2D eigenvalue weighted by Crippen LogP contribution is 2.24. The molecule has 1 unspecified atom stereocenters. The molecular formula is C19H20N6O. The molecule has 3 aromatic rings. The molecule has 4 rings (SSSR count). The number of hydrogen-bond acceptors (Lipinski definition) is 5. The van der Waals surface area contributed by atoms with Crippen LogP contribution in [0.5, 0.6) is 0 Å². The van der Waals surface area contributed by atoms with Gasteiger partial charge in [-0.1, -0.05) is 59.8 Å². The number of aromatic nitrogens is 4. The Bertz CT molecular complexity index is 848. The maximum atomic E-state index is 11.9. The van der Waals surface area contributed by atoms with Gasteiger partial charge in [-0.2, -0.15) is 5.21 Å². The molecule has 0 bridgehead atoms. The van der Waals surface area contributed by atoms with Crippen LogP contribution >= 0.6 is 0 Å². The summed E-state index contributed by atoms with van der Waals surface area (Å²) in [5.74, 6) is 0.750. The summed E-state index contributed by atoms with van der Waals surface area (Å²) in [5, 5.41) is 17.0. The number of benzene rings is 2. The van der Waals surface area contributed by atoms with Crippen molar-refractivity contribution in [1.29, 1.82) is 0 Å². The Kier molecular flexibility index (Phi) is 4.70. The van der Waals surface area contributed by atoms with E-state index in [0.717, 1.165) is 12.1 Å². The van der Waals surface area contributed by atoms with Crippen molar-refractivity contribution < 1.29 is 4.79 Å². The SMILES string of the molecule is O=C1CN(Cc2ccc(Cc3nn[nH]n3)cc2)C(c2ccccc2)CN1. The fraction of sp³-hybridized carbons (Fsp3) is 0.263. The maximum absolute atomic E-state index is 11.9. The van der Waals surface area contributed by atoms with Crippen molar-refractivity contribution in [2.24, 2.45) is 0 Å². The number of piperazine rings is 1. The number of carbonyl (C=O) groups excluding carboxylic acids is 1. The molecule has 2 aromatic carbocycles. The second-order valence-electron chi connectivity index (χ2n) is 6.46. The highest BCUT2D eigenvalue weighted by molar-refractivity contribution is 5.79. The van der Waals surface area contributed by atoms with E-state index in [9.17, 15) is 4.79 Å². The zero-order chi connectivity index (χ0) is 17.8. The van der Waals surface area contributed by atoms with E-state index in [1.807, 2.05) is 18.2 Å². The quantitative estimate of drug-likeness (QED) is 0.729. The molecule has 1 atom stereocenters. The van der Waals surface area contributed by atoms with Crippen LogP contribution in [0.3, 0.4) is 0 Å². The second-order valence-corrected chi connectivity index (χ2v) is 6.46. The number of tetrazole rings is 1. The minimum absolute atomic E-state index is 0.0749. The molecule has 0 aliphatic carbocycles. The first-order chi connectivity index (χ1) is 12.8.